The second-order valence-corrected chi connectivity index (χ2v) is 7.55. The minimum atomic E-state index is -0.804. The van der Waals surface area contributed by atoms with E-state index in [9.17, 15) is 14.4 Å². The number of carboxylic acids is 1. The maximum Gasteiger partial charge on any atom is 0.321 e. The van der Waals surface area contributed by atoms with Gasteiger partial charge in [0, 0.05) is 26.2 Å². The molecule has 1 aromatic rings. The molecule has 2 heterocycles. The highest BCUT2D eigenvalue weighted by Crippen LogP contribution is 2.23. The number of piperidine rings is 2. The van der Waals surface area contributed by atoms with Crippen LogP contribution in [0.5, 0.6) is 0 Å². The summed E-state index contributed by atoms with van der Waals surface area (Å²) in [6.45, 7) is 4.49. The SMILES string of the molecule is CC1CCN(C(=O)c2ccccc2NC(=O)N2CCC(C(=O)O)CC2)CC1. The van der Waals surface area contributed by atoms with Crippen molar-refractivity contribution in [2.75, 3.05) is 31.5 Å². The van der Waals surface area contributed by atoms with Gasteiger partial charge in [-0.1, -0.05) is 19.1 Å². The Labute approximate surface area is 159 Å². The molecule has 7 heteroatoms. The predicted molar refractivity (Wildman–Crippen MR) is 102 cm³/mol. The van der Waals surface area contributed by atoms with Gasteiger partial charge < -0.3 is 20.2 Å². The highest BCUT2D eigenvalue weighted by atomic mass is 16.4. The van der Waals surface area contributed by atoms with Crippen LogP contribution >= 0.6 is 0 Å². The largest absolute Gasteiger partial charge is 0.481 e. The summed E-state index contributed by atoms with van der Waals surface area (Å²) in [5, 5.41) is 11.9. The number of benzene rings is 1. The number of urea groups is 1. The highest BCUT2D eigenvalue weighted by Gasteiger charge is 2.28. The lowest BCUT2D eigenvalue weighted by atomic mass is 9.97. The number of carbonyl (C=O) groups is 3. The first-order valence-electron chi connectivity index (χ1n) is 9.62. The van der Waals surface area contributed by atoms with Crippen molar-refractivity contribution in [3.05, 3.63) is 29.8 Å². The summed E-state index contributed by atoms with van der Waals surface area (Å²) in [5.41, 5.74) is 1.01. The molecule has 0 radical (unpaired) electrons. The summed E-state index contributed by atoms with van der Waals surface area (Å²) < 4.78 is 0. The van der Waals surface area contributed by atoms with Crippen LogP contribution in [-0.2, 0) is 4.79 Å². The Morgan fingerprint density at radius 3 is 2.19 bits per heavy atom. The van der Waals surface area contributed by atoms with Crippen LogP contribution in [0.3, 0.4) is 0 Å². The number of nitrogens with one attached hydrogen (secondary N) is 1. The average Bonchev–Trinajstić information content (AvgIpc) is 2.68. The molecule has 0 aliphatic carbocycles. The molecule has 7 nitrogen and oxygen atoms in total. The van der Waals surface area contributed by atoms with E-state index in [0.29, 0.717) is 43.1 Å². The molecule has 0 unspecified atom stereocenters. The first kappa shape index (κ1) is 19.2. The van der Waals surface area contributed by atoms with Crippen molar-refractivity contribution in [2.24, 2.45) is 11.8 Å². The second-order valence-electron chi connectivity index (χ2n) is 7.55. The summed E-state index contributed by atoms with van der Waals surface area (Å²) in [6.07, 6.45) is 2.90. The quantitative estimate of drug-likeness (QED) is 0.852. The molecular weight excluding hydrogens is 346 g/mol. The standard InChI is InChI=1S/C20H27N3O4/c1-14-6-10-22(11-7-14)18(24)16-4-2-3-5-17(16)21-20(27)23-12-8-15(9-13-23)19(25)26/h2-5,14-15H,6-13H2,1H3,(H,21,27)(H,25,26). The number of aliphatic carboxylic acids is 1. The number of rotatable bonds is 3. The van der Waals surface area contributed by atoms with Crippen molar-refractivity contribution >= 4 is 23.6 Å². The normalized spacial score (nSPS) is 19.0. The van der Waals surface area contributed by atoms with Crippen LogP contribution in [0.2, 0.25) is 0 Å². The molecule has 0 atom stereocenters. The topological polar surface area (TPSA) is 90.0 Å². The molecular formula is C20H27N3O4. The minimum absolute atomic E-state index is 0.0533. The fourth-order valence-corrected chi connectivity index (χ4v) is 3.68. The van der Waals surface area contributed by atoms with Gasteiger partial charge in [-0.25, -0.2) is 4.79 Å². The Morgan fingerprint density at radius 2 is 1.56 bits per heavy atom. The number of hydrogen-bond donors (Lipinski definition) is 2. The van der Waals surface area contributed by atoms with Crippen LogP contribution in [0, 0.1) is 11.8 Å². The molecule has 0 bridgehead atoms. The van der Waals surface area contributed by atoms with Gasteiger partial charge in [-0.15, -0.1) is 0 Å². The van der Waals surface area contributed by atoms with E-state index in [1.54, 1.807) is 29.2 Å². The summed E-state index contributed by atoms with van der Waals surface area (Å²) in [5.74, 6) is -0.605. The third kappa shape index (κ3) is 4.59. The summed E-state index contributed by atoms with van der Waals surface area (Å²) in [6, 6.07) is 6.79. The summed E-state index contributed by atoms with van der Waals surface area (Å²) in [7, 11) is 0. The van der Waals surface area contributed by atoms with Crippen LogP contribution in [0.1, 0.15) is 43.0 Å². The van der Waals surface area contributed by atoms with Gasteiger partial charge in [0.15, 0.2) is 0 Å². The Morgan fingerprint density at radius 1 is 0.963 bits per heavy atom. The van der Waals surface area contributed by atoms with E-state index in [0.717, 1.165) is 25.9 Å². The summed E-state index contributed by atoms with van der Waals surface area (Å²) in [4.78, 5) is 40.0. The average molecular weight is 373 g/mol. The molecule has 0 aromatic heterocycles. The maximum atomic E-state index is 12.9. The number of nitrogens with zero attached hydrogens (tertiary/aromatic N) is 2. The van der Waals surface area contributed by atoms with Crippen molar-refractivity contribution in [1.82, 2.24) is 9.80 Å². The molecule has 2 fully saturated rings. The Bertz CT molecular complexity index is 705. The van der Waals surface area contributed by atoms with Gasteiger partial charge in [-0.3, -0.25) is 9.59 Å². The van der Waals surface area contributed by atoms with Crippen LogP contribution in [0.25, 0.3) is 0 Å². The third-order valence-corrected chi connectivity index (χ3v) is 5.60. The minimum Gasteiger partial charge on any atom is -0.481 e. The van der Waals surface area contributed by atoms with E-state index in [-0.39, 0.29) is 17.9 Å². The van der Waals surface area contributed by atoms with E-state index in [1.807, 2.05) is 4.90 Å². The molecule has 1 aromatic carbocycles. The molecule has 3 amide bonds. The lowest BCUT2D eigenvalue weighted by Gasteiger charge is -2.32. The first-order valence-corrected chi connectivity index (χ1v) is 9.62. The number of likely N-dealkylation sites (tertiary alicyclic amines) is 2. The van der Waals surface area contributed by atoms with Gasteiger partial charge in [-0.2, -0.15) is 0 Å². The maximum absolute atomic E-state index is 12.9. The molecule has 27 heavy (non-hydrogen) atoms. The van der Waals surface area contributed by atoms with Crippen LogP contribution < -0.4 is 5.32 Å². The van der Waals surface area contributed by atoms with Crippen molar-refractivity contribution in [2.45, 2.75) is 32.6 Å². The fourth-order valence-electron chi connectivity index (χ4n) is 3.68. The van der Waals surface area contributed by atoms with Crippen molar-refractivity contribution in [3.8, 4) is 0 Å². The lowest BCUT2D eigenvalue weighted by Crippen LogP contribution is -2.43. The van der Waals surface area contributed by atoms with Crippen molar-refractivity contribution in [1.29, 1.82) is 0 Å². The number of hydrogen-bond acceptors (Lipinski definition) is 3. The monoisotopic (exact) mass is 373 g/mol. The fraction of sp³-hybridized carbons (Fsp3) is 0.550. The number of amides is 3. The van der Waals surface area contributed by atoms with Gasteiger partial charge in [0.2, 0.25) is 0 Å². The van der Waals surface area contributed by atoms with E-state index >= 15 is 0 Å². The molecule has 146 valence electrons. The zero-order valence-electron chi connectivity index (χ0n) is 15.7. The number of carbonyl (C=O) groups excluding carboxylic acids is 2. The van der Waals surface area contributed by atoms with Crippen LogP contribution in [0.4, 0.5) is 10.5 Å². The van der Waals surface area contributed by atoms with Crippen LogP contribution in [0.15, 0.2) is 24.3 Å². The molecule has 2 saturated heterocycles. The van der Waals surface area contributed by atoms with Gasteiger partial charge in [0.25, 0.3) is 5.91 Å². The molecule has 2 N–H and O–H groups in total. The molecule has 0 saturated carbocycles. The second kappa shape index (κ2) is 8.41. The van der Waals surface area contributed by atoms with E-state index in [1.165, 1.54) is 0 Å². The molecule has 2 aliphatic rings. The first-order chi connectivity index (χ1) is 13.0. The molecule has 3 rings (SSSR count). The van der Waals surface area contributed by atoms with Crippen molar-refractivity contribution in [3.63, 3.8) is 0 Å². The number of carboxylic acid groups (broad SMARTS) is 1. The molecule has 0 spiro atoms. The zero-order valence-corrected chi connectivity index (χ0v) is 15.7. The smallest absolute Gasteiger partial charge is 0.321 e. The van der Waals surface area contributed by atoms with Gasteiger partial charge in [0.05, 0.1) is 17.2 Å². The predicted octanol–water partition coefficient (Wildman–Crippen LogP) is 2.89. The lowest BCUT2D eigenvalue weighted by molar-refractivity contribution is -0.143. The van der Waals surface area contributed by atoms with E-state index in [2.05, 4.69) is 12.2 Å². The Balaban J connectivity index is 1.65. The van der Waals surface area contributed by atoms with Crippen molar-refractivity contribution < 1.29 is 19.5 Å². The van der Waals surface area contributed by atoms with Gasteiger partial charge >= 0.3 is 12.0 Å². The third-order valence-electron chi connectivity index (χ3n) is 5.60. The summed E-state index contributed by atoms with van der Waals surface area (Å²) >= 11 is 0. The highest BCUT2D eigenvalue weighted by molar-refractivity contribution is 6.03. The van der Waals surface area contributed by atoms with E-state index < -0.39 is 5.97 Å². The van der Waals surface area contributed by atoms with Gasteiger partial charge in [0.1, 0.15) is 0 Å². The van der Waals surface area contributed by atoms with Crippen LogP contribution in [-0.4, -0.2) is 59.0 Å². The number of para-hydroxylation sites is 1. The zero-order chi connectivity index (χ0) is 19.4. The molecule has 2 aliphatic heterocycles. The van der Waals surface area contributed by atoms with E-state index in [4.69, 9.17) is 5.11 Å². The Kier molecular flexibility index (Phi) is 5.98. The Hall–Kier alpha value is -2.57. The number of anilines is 1. The van der Waals surface area contributed by atoms with Gasteiger partial charge in [-0.05, 0) is 43.7 Å².